The smallest absolute Gasteiger partial charge is 0.251 e. The van der Waals surface area contributed by atoms with E-state index in [2.05, 4.69) is 5.32 Å². The van der Waals surface area contributed by atoms with Crippen LogP contribution in [0.5, 0.6) is 0 Å². The van der Waals surface area contributed by atoms with E-state index < -0.39 is 0 Å². The lowest BCUT2D eigenvalue weighted by Gasteiger charge is -2.04. The number of benzene rings is 2. The topological polar surface area (TPSA) is 29.1 Å². The third kappa shape index (κ3) is 2.70. The van der Waals surface area contributed by atoms with Crippen LogP contribution < -0.4 is 5.32 Å². The highest BCUT2D eigenvalue weighted by molar-refractivity contribution is 5.94. The monoisotopic (exact) mass is 210 g/mol. The second-order valence-corrected chi connectivity index (χ2v) is 3.53. The van der Waals surface area contributed by atoms with Crippen LogP contribution in [0.2, 0.25) is 0 Å². The fourth-order valence-corrected chi connectivity index (χ4v) is 1.47. The molecule has 80 valence electrons. The van der Waals surface area contributed by atoms with Gasteiger partial charge in [-0.1, -0.05) is 48.5 Å². The van der Waals surface area contributed by atoms with Gasteiger partial charge in [0, 0.05) is 12.1 Å². The first-order chi connectivity index (χ1) is 7.86. The average Bonchev–Trinajstić information content (AvgIpc) is 2.38. The molecule has 0 radical (unpaired) electrons. The predicted octanol–water partition coefficient (Wildman–Crippen LogP) is 2.62. The lowest BCUT2D eigenvalue weighted by Crippen LogP contribution is -2.22. The predicted molar refractivity (Wildman–Crippen MR) is 64.1 cm³/mol. The lowest BCUT2D eigenvalue weighted by atomic mass is 9.92. The Bertz CT molecular complexity index is 451. The molecule has 0 unspecified atom stereocenters. The highest BCUT2D eigenvalue weighted by atomic mass is 16.1. The Morgan fingerprint density at radius 1 is 0.875 bits per heavy atom. The van der Waals surface area contributed by atoms with Crippen molar-refractivity contribution < 1.29 is 4.79 Å². The van der Waals surface area contributed by atoms with E-state index in [0.29, 0.717) is 12.1 Å². The number of hydrogen-bond acceptors (Lipinski definition) is 1. The molecule has 1 N–H and O–H groups in total. The van der Waals surface area contributed by atoms with Gasteiger partial charge in [0.1, 0.15) is 0 Å². The molecule has 0 aliphatic carbocycles. The molecule has 0 aromatic heterocycles. The highest BCUT2D eigenvalue weighted by Crippen LogP contribution is 2.01. The zero-order valence-electron chi connectivity index (χ0n) is 8.89. The normalized spacial score (nSPS) is 9.75. The van der Waals surface area contributed by atoms with Crippen molar-refractivity contribution in [1.82, 2.24) is 5.32 Å². The van der Waals surface area contributed by atoms with E-state index in [0.717, 1.165) is 5.56 Å². The maximum absolute atomic E-state index is 11.7. The molecule has 0 fully saturated rings. The van der Waals surface area contributed by atoms with E-state index in [1.165, 1.54) is 0 Å². The Balaban J connectivity index is 1.95. The minimum atomic E-state index is -0.0375. The molecular weight excluding hydrogens is 197 g/mol. The van der Waals surface area contributed by atoms with Crippen LogP contribution >= 0.6 is 0 Å². The molecule has 2 aromatic rings. The van der Waals surface area contributed by atoms with Crippen molar-refractivity contribution in [2.75, 3.05) is 0 Å². The van der Waals surface area contributed by atoms with Crippen molar-refractivity contribution >= 4 is 5.91 Å². The van der Waals surface area contributed by atoms with Crippen LogP contribution in [0.3, 0.4) is 0 Å². The van der Waals surface area contributed by atoms with Crippen molar-refractivity contribution in [3.05, 3.63) is 71.8 Å². The Morgan fingerprint density at radius 3 is 2.06 bits per heavy atom. The summed E-state index contributed by atoms with van der Waals surface area (Å²) in [7, 11) is 0. The Hall–Kier alpha value is -2.09. The average molecular weight is 210 g/mol. The summed E-state index contributed by atoms with van der Waals surface area (Å²) in [5.74, 6) is -0.0375. The Labute approximate surface area is 94.9 Å². The molecule has 0 bridgehead atoms. The molecule has 2 nitrogen and oxygen atoms in total. The number of carbonyl (C=O) groups is 1. The van der Waals surface area contributed by atoms with E-state index in [9.17, 15) is 4.79 Å². The third-order valence-electron chi connectivity index (χ3n) is 2.33. The summed E-state index contributed by atoms with van der Waals surface area (Å²) in [6.45, 7) is 0.564. The summed E-state index contributed by atoms with van der Waals surface area (Å²) in [5.41, 5.74) is 1.80. The molecular formula is C14H13NO. The maximum Gasteiger partial charge on any atom is 0.251 e. The molecule has 16 heavy (non-hydrogen) atoms. The van der Waals surface area contributed by atoms with E-state index in [1.807, 2.05) is 48.5 Å². The zero-order valence-corrected chi connectivity index (χ0v) is 8.89. The first kappa shape index (κ1) is 10.4. The van der Waals surface area contributed by atoms with Gasteiger partial charge >= 0.3 is 0 Å². The SMILES string of the molecule is O=C(N[11CH2]c1ccccc1)c1ccccc1. The fraction of sp³-hybridized carbons (Fsp3) is 0.0714. The van der Waals surface area contributed by atoms with Crippen molar-refractivity contribution in [3.63, 3.8) is 0 Å². The summed E-state index contributed by atoms with van der Waals surface area (Å²) in [5, 5.41) is 2.88. The number of carbonyl (C=O) groups excluding carboxylic acids is 1. The van der Waals surface area contributed by atoms with Gasteiger partial charge in [0.15, 0.2) is 0 Å². The van der Waals surface area contributed by atoms with Gasteiger partial charge < -0.3 is 5.32 Å². The van der Waals surface area contributed by atoms with Crippen molar-refractivity contribution in [2.45, 2.75) is 6.54 Å². The van der Waals surface area contributed by atoms with Gasteiger partial charge in [-0.15, -0.1) is 0 Å². The van der Waals surface area contributed by atoms with Gasteiger partial charge in [-0.25, -0.2) is 0 Å². The van der Waals surface area contributed by atoms with Crippen LogP contribution in [0.15, 0.2) is 60.7 Å². The first-order valence-electron chi connectivity index (χ1n) is 5.23. The second-order valence-electron chi connectivity index (χ2n) is 3.53. The molecule has 1 amide bonds. The minimum Gasteiger partial charge on any atom is -0.348 e. The summed E-state index contributed by atoms with van der Waals surface area (Å²) >= 11 is 0. The molecule has 2 heteroatoms. The largest absolute Gasteiger partial charge is 0.348 e. The van der Waals surface area contributed by atoms with Crippen LogP contribution in [0.1, 0.15) is 15.9 Å². The van der Waals surface area contributed by atoms with Crippen molar-refractivity contribution in [3.8, 4) is 0 Å². The van der Waals surface area contributed by atoms with Crippen LogP contribution in [0.4, 0.5) is 0 Å². The quantitative estimate of drug-likeness (QED) is 0.829. The lowest BCUT2D eigenvalue weighted by molar-refractivity contribution is 0.0951. The summed E-state index contributed by atoms with van der Waals surface area (Å²) in [4.78, 5) is 11.7. The van der Waals surface area contributed by atoms with Crippen molar-refractivity contribution in [2.24, 2.45) is 0 Å². The zero-order chi connectivity index (χ0) is 11.2. The second kappa shape index (κ2) is 5.12. The third-order valence-corrected chi connectivity index (χ3v) is 2.33. The van der Waals surface area contributed by atoms with Crippen molar-refractivity contribution in [1.29, 1.82) is 0 Å². The number of nitrogens with one attached hydrogen (secondary N) is 1. The molecule has 2 aromatic carbocycles. The molecule has 0 saturated heterocycles. The van der Waals surface area contributed by atoms with E-state index in [1.54, 1.807) is 12.1 Å². The van der Waals surface area contributed by atoms with Gasteiger partial charge in [0.05, 0.1) is 0 Å². The Kier molecular flexibility index (Phi) is 3.34. The van der Waals surface area contributed by atoms with E-state index in [-0.39, 0.29) is 5.91 Å². The fourth-order valence-electron chi connectivity index (χ4n) is 1.47. The summed E-state index contributed by atoms with van der Waals surface area (Å²) in [6, 6.07) is 19.1. The number of rotatable bonds is 3. The van der Waals surface area contributed by atoms with Crippen LogP contribution in [-0.4, -0.2) is 5.91 Å². The Morgan fingerprint density at radius 2 is 1.44 bits per heavy atom. The summed E-state index contributed by atoms with van der Waals surface area (Å²) in [6.07, 6.45) is 0. The van der Waals surface area contributed by atoms with Gasteiger partial charge in [0.2, 0.25) is 0 Å². The molecule has 2 rings (SSSR count). The molecule has 0 spiro atoms. The van der Waals surface area contributed by atoms with E-state index >= 15 is 0 Å². The number of amides is 1. The molecule has 0 atom stereocenters. The van der Waals surface area contributed by atoms with Crippen LogP contribution in [-0.2, 0) is 6.54 Å². The van der Waals surface area contributed by atoms with Gasteiger partial charge in [-0.05, 0) is 17.7 Å². The number of hydrogen-bond donors (Lipinski definition) is 1. The molecule has 0 heterocycles. The van der Waals surface area contributed by atoms with E-state index in [4.69, 9.17) is 0 Å². The highest BCUT2D eigenvalue weighted by Gasteiger charge is 2.02. The standard InChI is InChI=1S/C14H13NO/c16-14(13-9-5-2-6-10-13)15-11-12-7-3-1-4-8-12/h1-10H,11H2,(H,15,16)/i11-1. The minimum absolute atomic E-state index is 0.0375. The summed E-state index contributed by atoms with van der Waals surface area (Å²) < 4.78 is 0. The molecule has 0 aliphatic heterocycles. The van der Waals surface area contributed by atoms with Gasteiger partial charge in [-0.3, -0.25) is 4.79 Å². The van der Waals surface area contributed by atoms with Crippen LogP contribution in [0.25, 0.3) is 0 Å². The maximum atomic E-state index is 11.7. The van der Waals surface area contributed by atoms with Gasteiger partial charge in [-0.2, -0.15) is 0 Å². The first-order valence-corrected chi connectivity index (χ1v) is 5.23. The molecule has 0 saturated carbocycles. The molecule has 0 aliphatic rings. The van der Waals surface area contributed by atoms with Gasteiger partial charge in [0.25, 0.3) is 5.91 Å². The van der Waals surface area contributed by atoms with Crippen LogP contribution in [0, 0.1) is 0 Å².